The van der Waals surface area contributed by atoms with Gasteiger partial charge >= 0.3 is 52.9 Å². The minimum absolute atomic E-state index is 0.383. The molecule has 0 amide bonds. The van der Waals surface area contributed by atoms with Gasteiger partial charge in [-0.25, -0.2) is 0 Å². The maximum atomic E-state index is 5.36. The number of hydrogen-bond donors (Lipinski definition) is 2. The molecule has 2 N–H and O–H groups in total. The Balaban J connectivity index is 0.000000226. The van der Waals surface area contributed by atoms with Crippen molar-refractivity contribution in [2.75, 3.05) is 5.73 Å². The number of benzene rings is 1. The van der Waals surface area contributed by atoms with Crippen LogP contribution in [0, 0.1) is 0 Å². The average Bonchev–Trinajstić information content (AvgIpc) is 2.17. The zero-order valence-corrected chi connectivity index (χ0v) is 10.9. The van der Waals surface area contributed by atoms with Crippen molar-refractivity contribution >= 4 is 15.8 Å². The fourth-order valence-corrected chi connectivity index (χ4v) is 2.50. The van der Waals surface area contributed by atoms with Crippen LogP contribution in [0.3, 0.4) is 0 Å². The van der Waals surface area contributed by atoms with Gasteiger partial charge in [-0.05, 0) is 12.1 Å². The minimum Gasteiger partial charge on any atom is -0.399 e. The Bertz CT molecular complexity index is 187. The van der Waals surface area contributed by atoms with Gasteiger partial charge in [-0.3, -0.25) is 0 Å². The molecule has 0 aliphatic heterocycles. The molecule has 1 aromatic carbocycles. The third-order valence-corrected chi connectivity index (χ3v) is 3.68. The van der Waals surface area contributed by atoms with Crippen molar-refractivity contribution in [1.29, 1.82) is 0 Å². The molecule has 13 heavy (non-hydrogen) atoms. The van der Waals surface area contributed by atoms with E-state index in [0.29, 0.717) is 18.4 Å². The molecule has 0 aromatic heterocycles. The van der Waals surface area contributed by atoms with E-state index in [0.717, 1.165) is 5.69 Å². The Morgan fingerprint density at radius 1 is 1.31 bits per heavy atom. The van der Waals surface area contributed by atoms with Gasteiger partial charge in [-0.2, -0.15) is 0 Å². The second-order valence-electron chi connectivity index (χ2n) is 2.51. The Kier molecular flexibility index (Phi) is 10.3. The first kappa shape index (κ1) is 13.1. The Labute approximate surface area is 94.4 Å². The van der Waals surface area contributed by atoms with Gasteiger partial charge in [-0.15, -0.1) is 0 Å². The molecule has 3 heteroatoms. The second kappa shape index (κ2) is 10.2. The summed E-state index contributed by atoms with van der Waals surface area (Å²) in [7, 11) is 4.15. The number of thiol groups is 1. The maximum Gasteiger partial charge on any atom is 0.0313 e. The largest absolute Gasteiger partial charge is 0.399 e. The van der Waals surface area contributed by atoms with Crippen LogP contribution in [-0.4, -0.2) is 0 Å². The smallest absolute Gasteiger partial charge is 0.0313 e. The van der Waals surface area contributed by atoms with Crippen molar-refractivity contribution in [3.05, 3.63) is 30.3 Å². The number of nitrogens with two attached hydrogens (primary N) is 1. The number of hydrogen-bond acceptors (Lipinski definition) is 2. The van der Waals surface area contributed by atoms with E-state index >= 15 is 0 Å². The summed E-state index contributed by atoms with van der Waals surface area (Å²) >= 11 is 0.383. The fourth-order valence-electron chi connectivity index (χ4n) is 0.607. The molecule has 0 aliphatic rings. The summed E-state index contributed by atoms with van der Waals surface area (Å²) in [5.74, 6) is 0. The number of rotatable bonds is 3. The Morgan fingerprint density at radius 2 is 1.92 bits per heavy atom. The number of nitrogen functional groups attached to an aromatic ring is 1. The summed E-state index contributed by atoms with van der Waals surface area (Å²) < 4.78 is 1.37. The van der Waals surface area contributed by atoms with Crippen molar-refractivity contribution in [3.8, 4) is 0 Å². The van der Waals surface area contributed by atoms with Crippen LogP contribution in [0.4, 0.5) is 5.69 Å². The molecule has 1 aromatic rings. The van der Waals surface area contributed by atoms with Crippen molar-refractivity contribution < 1.29 is 18.4 Å². The molecule has 0 heterocycles. The standard InChI is InChI=1S/C6H7N.C4H9.Au.H2S/c7-6-4-2-1-3-5-6;1-3-4-2;;/h1-5H,7H2;1,3-4H2,2H3;;1H2/q;;+1;/p-1. The van der Waals surface area contributed by atoms with Crippen molar-refractivity contribution in [2.45, 2.75) is 24.4 Å². The second-order valence-corrected chi connectivity index (χ2v) is 5.84. The molecule has 0 radical (unpaired) electrons. The monoisotopic (exact) mass is 380 g/mol. The fraction of sp³-hybridized carbons (Fsp3) is 0.400. The SMILES string of the molecule is CCC[CH2][Au][SH].Nc1ccccc1. The summed E-state index contributed by atoms with van der Waals surface area (Å²) in [4.78, 5) is 0. The number of para-hydroxylation sites is 1. The first-order chi connectivity index (χ1) is 6.31. The molecule has 0 fully saturated rings. The summed E-state index contributed by atoms with van der Waals surface area (Å²) in [6, 6.07) is 9.49. The van der Waals surface area contributed by atoms with E-state index < -0.39 is 0 Å². The van der Waals surface area contributed by atoms with Crippen LogP contribution >= 0.6 is 10.1 Å². The molecule has 0 bridgehead atoms. The van der Waals surface area contributed by atoms with E-state index in [9.17, 15) is 0 Å². The molecule has 0 aliphatic carbocycles. The Morgan fingerprint density at radius 3 is 2.15 bits per heavy atom. The summed E-state index contributed by atoms with van der Waals surface area (Å²) in [6.07, 6.45) is 2.71. The van der Waals surface area contributed by atoms with Gasteiger partial charge in [0, 0.05) is 5.69 Å². The molecule has 1 rings (SSSR count). The summed E-state index contributed by atoms with van der Waals surface area (Å²) in [5, 5.41) is 0. The van der Waals surface area contributed by atoms with E-state index in [4.69, 9.17) is 5.73 Å². The van der Waals surface area contributed by atoms with Gasteiger partial charge in [0.1, 0.15) is 0 Å². The molecule has 0 spiro atoms. The average molecular weight is 380 g/mol. The van der Waals surface area contributed by atoms with Crippen LogP contribution in [0.25, 0.3) is 0 Å². The van der Waals surface area contributed by atoms with E-state index in [1.165, 1.54) is 17.5 Å². The number of anilines is 1. The van der Waals surface area contributed by atoms with Crippen molar-refractivity contribution in [2.24, 2.45) is 0 Å². The minimum atomic E-state index is 0.383. The van der Waals surface area contributed by atoms with Gasteiger partial charge in [0.25, 0.3) is 0 Å². The van der Waals surface area contributed by atoms with Crippen LogP contribution < -0.4 is 5.73 Å². The molecule has 0 saturated heterocycles. The zero-order chi connectivity index (χ0) is 9.94. The van der Waals surface area contributed by atoms with Crippen molar-refractivity contribution in [1.82, 2.24) is 0 Å². The predicted molar refractivity (Wildman–Crippen MR) is 59.6 cm³/mol. The van der Waals surface area contributed by atoms with Crippen LogP contribution in [0.15, 0.2) is 30.3 Å². The zero-order valence-electron chi connectivity index (χ0n) is 7.83. The topological polar surface area (TPSA) is 26.0 Å². The van der Waals surface area contributed by atoms with E-state index in [2.05, 4.69) is 17.0 Å². The van der Waals surface area contributed by atoms with Gasteiger partial charge in [-0.1, -0.05) is 18.2 Å². The summed E-state index contributed by atoms with van der Waals surface area (Å²) in [5.41, 5.74) is 6.18. The first-order valence-corrected chi connectivity index (χ1v) is 8.96. The first-order valence-electron chi connectivity index (χ1n) is 4.25. The Hall–Kier alpha value is 0.110. The van der Waals surface area contributed by atoms with Gasteiger partial charge in [0.2, 0.25) is 0 Å². The van der Waals surface area contributed by atoms with Crippen molar-refractivity contribution in [3.63, 3.8) is 0 Å². The molecular formula is C10H17AuNS. The molecular weight excluding hydrogens is 363 g/mol. The molecule has 79 valence electrons. The third-order valence-electron chi connectivity index (χ3n) is 1.33. The third kappa shape index (κ3) is 10.0. The van der Waals surface area contributed by atoms with Crippen LogP contribution in [0.2, 0.25) is 4.64 Å². The van der Waals surface area contributed by atoms with E-state index in [1.807, 2.05) is 30.3 Å². The number of unbranched alkanes of at least 4 members (excludes halogenated alkanes) is 1. The molecule has 0 atom stereocenters. The summed E-state index contributed by atoms with van der Waals surface area (Å²) in [6.45, 7) is 2.21. The predicted octanol–water partition coefficient (Wildman–Crippen LogP) is 3.40. The van der Waals surface area contributed by atoms with E-state index in [1.54, 1.807) is 0 Å². The molecule has 0 saturated carbocycles. The molecule has 1 nitrogen and oxygen atoms in total. The maximum absolute atomic E-state index is 5.36. The van der Waals surface area contributed by atoms with Crippen LogP contribution in [0.5, 0.6) is 0 Å². The van der Waals surface area contributed by atoms with Gasteiger partial charge < -0.3 is 5.73 Å². The quantitative estimate of drug-likeness (QED) is 0.358. The van der Waals surface area contributed by atoms with Crippen LogP contribution in [-0.2, 0) is 18.4 Å². The molecule has 0 unspecified atom stereocenters. The van der Waals surface area contributed by atoms with Gasteiger partial charge in [0.15, 0.2) is 0 Å². The van der Waals surface area contributed by atoms with Gasteiger partial charge in [0.05, 0.1) is 0 Å². The normalized spacial score (nSPS) is 9.08. The van der Waals surface area contributed by atoms with Crippen LogP contribution in [0.1, 0.15) is 19.8 Å². The van der Waals surface area contributed by atoms with E-state index in [-0.39, 0.29) is 0 Å².